The Balaban J connectivity index is 1.34. The number of amides is 1. The number of rotatable bonds is 5. The number of morpholine rings is 1. The van der Waals surface area contributed by atoms with E-state index in [1.54, 1.807) is 0 Å². The van der Waals surface area contributed by atoms with Crippen molar-refractivity contribution in [1.82, 2.24) is 15.5 Å². The Labute approximate surface area is 127 Å². The van der Waals surface area contributed by atoms with E-state index in [0.29, 0.717) is 19.1 Å². The zero-order valence-electron chi connectivity index (χ0n) is 13.0. The highest BCUT2D eigenvalue weighted by molar-refractivity contribution is 5.77. The lowest BCUT2D eigenvalue weighted by Crippen LogP contribution is -2.46. The highest BCUT2D eigenvalue weighted by atomic mass is 16.5. The summed E-state index contributed by atoms with van der Waals surface area (Å²) < 4.78 is 5.39. The first-order valence-corrected chi connectivity index (χ1v) is 8.62. The molecule has 0 spiro atoms. The molecular formula is C16H29N3O2. The molecule has 2 unspecified atom stereocenters. The van der Waals surface area contributed by atoms with Crippen LogP contribution in [0.1, 0.15) is 38.5 Å². The van der Waals surface area contributed by atoms with Crippen LogP contribution in [0.5, 0.6) is 0 Å². The summed E-state index contributed by atoms with van der Waals surface area (Å²) in [7, 11) is 0. The highest BCUT2D eigenvalue weighted by Crippen LogP contribution is 2.26. The summed E-state index contributed by atoms with van der Waals surface area (Å²) in [5.41, 5.74) is 0. The quantitative estimate of drug-likeness (QED) is 0.786. The first-order valence-electron chi connectivity index (χ1n) is 8.62. The third-order valence-corrected chi connectivity index (χ3v) is 5.06. The van der Waals surface area contributed by atoms with Gasteiger partial charge in [0.15, 0.2) is 0 Å². The molecule has 3 rings (SSSR count). The van der Waals surface area contributed by atoms with Crippen LogP contribution in [-0.2, 0) is 9.53 Å². The van der Waals surface area contributed by atoms with E-state index in [1.807, 2.05) is 0 Å². The highest BCUT2D eigenvalue weighted by Gasteiger charge is 2.27. The Hall–Kier alpha value is -0.650. The van der Waals surface area contributed by atoms with Crippen LogP contribution in [0.25, 0.3) is 0 Å². The molecule has 3 aliphatic rings. The van der Waals surface area contributed by atoms with Crippen LogP contribution < -0.4 is 10.6 Å². The summed E-state index contributed by atoms with van der Waals surface area (Å²) in [6.45, 7) is 5.70. The van der Waals surface area contributed by atoms with Gasteiger partial charge in [0.1, 0.15) is 0 Å². The molecule has 2 saturated heterocycles. The molecule has 5 heteroatoms. The molecule has 0 aromatic carbocycles. The Morgan fingerprint density at radius 1 is 1.29 bits per heavy atom. The largest absolute Gasteiger partial charge is 0.378 e. The maximum atomic E-state index is 12.1. The number of hydrogen-bond acceptors (Lipinski definition) is 4. The fraction of sp³-hybridized carbons (Fsp3) is 0.938. The summed E-state index contributed by atoms with van der Waals surface area (Å²) in [6.07, 6.45) is 7.28. The van der Waals surface area contributed by atoms with E-state index in [4.69, 9.17) is 4.74 Å². The summed E-state index contributed by atoms with van der Waals surface area (Å²) in [5, 5.41) is 6.54. The van der Waals surface area contributed by atoms with Crippen molar-refractivity contribution >= 4 is 5.91 Å². The van der Waals surface area contributed by atoms with Gasteiger partial charge in [-0.2, -0.15) is 0 Å². The van der Waals surface area contributed by atoms with Gasteiger partial charge in [0.25, 0.3) is 0 Å². The second kappa shape index (κ2) is 7.56. The summed E-state index contributed by atoms with van der Waals surface area (Å²) in [5.74, 6) is 1.08. The smallest absolute Gasteiger partial charge is 0.221 e. The second-order valence-electron chi connectivity index (χ2n) is 6.89. The number of hydrogen-bond donors (Lipinski definition) is 2. The average molecular weight is 295 g/mol. The Bertz CT molecular complexity index is 338. The van der Waals surface area contributed by atoms with Crippen LogP contribution in [0.4, 0.5) is 0 Å². The molecule has 0 aromatic rings. The maximum absolute atomic E-state index is 12.1. The van der Waals surface area contributed by atoms with Crippen LogP contribution in [-0.4, -0.2) is 62.3 Å². The molecule has 1 amide bonds. The van der Waals surface area contributed by atoms with Crippen molar-refractivity contribution in [2.75, 3.05) is 39.4 Å². The molecule has 5 nitrogen and oxygen atoms in total. The minimum atomic E-state index is 0.172. The SMILES string of the molecule is O=C(CC1COCCN1)NC1CCN(CC2CCCC2)C1. The number of carbonyl (C=O) groups is 1. The molecule has 0 bridgehead atoms. The summed E-state index contributed by atoms with van der Waals surface area (Å²) in [6, 6.07) is 0.540. The fourth-order valence-electron chi connectivity index (χ4n) is 3.94. The van der Waals surface area contributed by atoms with Crippen molar-refractivity contribution in [3.63, 3.8) is 0 Å². The van der Waals surface area contributed by atoms with Crippen LogP contribution in [0.2, 0.25) is 0 Å². The number of nitrogens with zero attached hydrogens (tertiary/aromatic N) is 1. The van der Waals surface area contributed by atoms with Crippen LogP contribution in [0.3, 0.4) is 0 Å². The zero-order chi connectivity index (χ0) is 14.5. The molecule has 2 aliphatic heterocycles. The van der Waals surface area contributed by atoms with Crippen LogP contribution in [0.15, 0.2) is 0 Å². The van der Waals surface area contributed by atoms with Gasteiger partial charge in [0.2, 0.25) is 5.91 Å². The van der Waals surface area contributed by atoms with Crippen molar-refractivity contribution in [1.29, 1.82) is 0 Å². The third-order valence-electron chi connectivity index (χ3n) is 5.06. The number of carbonyl (C=O) groups excluding carboxylic acids is 1. The molecule has 2 heterocycles. The van der Waals surface area contributed by atoms with Crippen LogP contribution in [0, 0.1) is 5.92 Å². The molecule has 3 fully saturated rings. The van der Waals surface area contributed by atoms with E-state index in [1.165, 1.54) is 32.2 Å². The topological polar surface area (TPSA) is 53.6 Å². The Morgan fingerprint density at radius 3 is 2.90 bits per heavy atom. The van der Waals surface area contributed by atoms with Gasteiger partial charge >= 0.3 is 0 Å². The first-order chi connectivity index (χ1) is 10.3. The van der Waals surface area contributed by atoms with E-state index >= 15 is 0 Å². The Kier molecular flexibility index (Phi) is 5.49. The predicted octanol–water partition coefficient (Wildman–Crippen LogP) is 0.746. The number of nitrogens with one attached hydrogen (secondary N) is 2. The van der Waals surface area contributed by atoms with Gasteiger partial charge in [-0.15, -0.1) is 0 Å². The number of ether oxygens (including phenoxy) is 1. The van der Waals surface area contributed by atoms with Crippen molar-refractivity contribution in [2.24, 2.45) is 5.92 Å². The normalized spacial score (nSPS) is 31.6. The van der Waals surface area contributed by atoms with Crippen molar-refractivity contribution in [3.05, 3.63) is 0 Å². The van der Waals surface area contributed by atoms with Crippen molar-refractivity contribution in [2.45, 2.75) is 50.6 Å². The van der Waals surface area contributed by atoms with Gasteiger partial charge in [-0.3, -0.25) is 4.79 Å². The monoisotopic (exact) mass is 295 g/mol. The van der Waals surface area contributed by atoms with E-state index in [0.717, 1.165) is 38.6 Å². The van der Waals surface area contributed by atoms with Gasteiger partial charge in [-0.1, -0.05) is 12.8 Å². The van der Waals surface area contributed by atoms with Gasteiger partial charge in [0.05, 0.1) is 13.2 Å². The van der Waals surface area contributed by atoms with E-state index in [9.17, 15) is 4.79 Å². The molecule has 0 aromatic heterocycles. The summed E-state index contributed by atoms with van der Waals surface area (Å²) in [4.78, 5) is 14.6. The van der Waals surface area contributed by atoms with E-state index < -0.39 is 0 Å². The molecule has 1 saturated carbocycles. The van der Waals surface area contributed by atoms with Crippen LogP contribution >= 0.6 is 0 Å². The lowest BCUT2D eigenvalue weighted by Gasteiger charge is -2.24. The first kappa shape index (κ1) is 15.3. The van der Waals surface area contributed by atoms with Gasteiger partial charge < -0.3 is 20.3 Å². The fourth-order valence-corrected chi connectivity index (χ4v) is 3.94. The number of likely N-dealkylation sites (tertiary alicyclic amines) is 1. The van der Waals surface area contributed by atoms with Gasteiger partial charge in [-0.25, -0.2) is 0 Å². The standard InChI is InChI=1S/C16H29N3O2/c20-16(9-15-12-21-8-6-17-15)18-14-5-7-19(11-14)10-13-3-1-2-4-13/h13-15,17H,1-12H2,(H,18,20). The summed E-state index contributed by atoms with van der Waals surface area (Å²) >= 11 is 0. The molecule has 21 heavy (non-hydrogen) atoms. The molecular weight excluding hydrogens is 266 g/mol. The lowest BCUT2D eigenvalue weighted by atomic mass is 10.1. The molecule has 2 atom stereocenters. The zero-order valence-corrected chi connectivity index (χ0v) is 13.0. The molecule has 1 aliphatic carbocycles. The Morgan fingerprint density at radius 2 is 2.14 bits per heavy atom. The minimum absolute atomic E-state index is 0.172. The minimum Gasteiger partial charge on any atom is -0.378 e. The lowest BCUT2D eigenvalue weighted by molar-refractivity contribution is -0.122. The van der Waals surface area contributed by atoms with Gasteiger partial charge in [0, 0.05) is 44.7 Å². The average Bonchev–Trinajstić information content (AvgIpc) is 3.13. The van der Waals surface area contributed by atoms with Crippen molar-refractivity contribution < 1.29 is 9.53 Å². The third kappa shape index (κ3) is 4.66. The maximum Gasteiger partial charge on any atom is 0.221 e. The van der Waals surface area contributed by atoms with Crippen molar-refractivity contribution in [3.8, 4) is 0 Å². The molecule has 0 radical (unpaired) electrons. The van der Waals surface area contributed by atoms with Gasteiger partial charge in [-0.05, 0) is 25.2 Å². The van der Waals surface area contributed by atoms with E-state index in [-0.39, 0.29) is 11.9 Å². The molecule has 2 N–H and O–H groups in total. The second-order valence-corrected chi connectivity index (χ2v) is 6.89. The molecule has 120 valence electrons. The van der Waals surface area contributed by atoms with E-state index in [2.05, 4.69) is 15.5 Å². The predicted molar refractivity (Wildman–Crippen MR) is 82.2 cm³/mol.